The summed E-state index contributed by atoms with van der Waals surface area (Å²) in [6.45, 7) is 3.02. The number of benzene rings is 2. The summed E-state index contributed by atoms with van der Waals surface area (Å²) in [6.07, 6.45) is -0.546. The standard InChI is InChI=1S/C19H25NO3/c1-22-13-12-20(14-17-8-4-2-5-9-17)15-18(21)16-23-19-10-6-3-7-11-19/h2-11,18,21H,12-16H2,1H3/t18-/m0/s1. The first-order valence-corrected chi connectivity index (χ1v) is 7.89. The molecule has 0 aliphatic rings. The van der Waals surface area contributed by atoms with Crippen LogP contribution < -0.4 is 4.74 Å². The molecule has 0 unspecified atom stereocenters. The molecule has 2 aromatic rings. The van der Waals surface area contributed by atoms with Crippen LogP contribution in [-0.4, -0.2) is 49.5 Å². The molecule has 0 amide bonds. The van der Waals surface area contributed by atoms with Crippen molar-refractivity contribution in [1.82, 2.24) is 4.90 Å². The van der Waals surface area contributed by atoms with Crippen LogP contribution in [0.3, 0.4) is 0 Å². The van der Waals surface area contributed by atoms with Gasteiger partial charge in [0.05, 0.1) is 6.61 Å². The molecule has 0 bridgehead atoms. The molecule has 4 nitrogen and oxygen atoms in total. The fourth-order valence-corrected chi connectivity index (χ4v) is 2.36. The molecule has 0 aliphatic heterocycles. The molecular formula is C19H25NO3. The van der Waals surface area contributed by atoms with Gasteiger partial charge in [0.1, 0.15) is 18.5 Å². The quantitative estimate of drug-likeness (QED) is 0.732. The van der Waals surface area contributed by atoms with Crippen molar-refractivity contribution in [3.63, 3.8) is 0 Å². The molecule has 23 heavy (non-hydrogen) atoms. The van der Waals surface area contributed by atoms with E-state index in [1.165, 1.54) is 5.56 Å². The van der Waals surface area contributed by atoms with Crippen LogP contribution in [0.15, 0.2) is 60.7 Å². The Labute approximate surface area is 138 Å². The molecular weight excluding hydrogens is 290 g/mol. The van der Waals surface area contributed by atoms with Crippen molar-refractivity contribution < 1.29 is 14.6 Å². The first kappa shape index (κ1) is 17.5. The minimum Gasteiger partial charge on any atom is -0.491 e. The lowest BCUT2D eigenvalue weighted by Gasteiger charge is -2.25. The third kappa shape index (κ3) is 6.82. The smallest absolute Gasteiger partial charge is 0.119 e. The van der Waals surface area contributed by atoms with Crippen molar-refractivity contribution in [1.29, 1.82) is 0 Å². The maximum Gasteiger partial charge on any atom is 0.119 e. The predicted molar refractivity (Wildman–Crippen MR) is 91.5 cm³/mol. The van der Waals surface area contributed by atoms with Gasteiger partial charge >= 0.3 is 0 Å². The van der Waals surface area contributed by atoms with Gasteiger partial charge in [-0.25, -0.2) is 0 Å². The van der Waals surface area contributed by atoms with Crippen LogP contribution in [0, 0.1) is 0 Å². The van der Waals surface area contributed by atoms with Gasteiger partial charge in [-0.2, -0.15) is 0 Å². The van der Waals surface area contributed by atoms with Gasteiger partial charge in [0.25, 0.3) is 0 Å². The SMILES string of the molecule is COCCN(Cc1ccccc1)C[C@H](O)COc1ccccc1. The summed E-state index contributed by atoms with van der Waals surface area (Å²) in [6, 6.07) is 19.8. The Balaban J connectivity index is 1.83. The Bertz CT molecular complexity index is 533. The minimum absolute atomic E-state index is 0.280. The minimum atomic E-state index is -0.546. The Morgan fingerprint density at radius 2 is 1.65 bits per heavy atom. The molecule has 4 heteroatoms. The maximum atomic E-state index is 10.3. The van der Waals surface area contributed by atoms with Gasteiger partial charge in [-0.15, -0.1) is 0 Å². The average Bonchev–Trinajstić information content (AvgIpc) is 2.60. The van der Waals surface area contributed by atoms with Crippen LogP contribution in [0.5, 0.6) is 5.75 Å². The first-order chi connectivity index (χ1) is 11.3. The molecule has 0 saturated carbocycles. The lowest BCUT2D eigenvalue weighted by atomic mass is 10.2. The number of aliphatic hydroxyl groups excluding tert-OH is 1. The van der Waals surface area contributed by atoms with Gasteiger partial charge < -0.3 is 14.6 Å². The zero-order valence-electron chi connectivity index (χ0n) is 13.6. The molecule has 2 rings (SSSR count). The summed E-state index contributed by atoms with van der Waals surface area (Å²) in [4.78, 5) is 2.18. The highest BCUT2D eigenvalue weighted by molar-refractivity contribution is 5.20. The second kappa shape index (κ2) is 10.0. The number of para-hydroxylation sites is 1. The molecule has 0 aromatic heterocycles. The van der Waals surface area contributed by atoms with E-state index in [-0.39, 0.29) is 6.61 Å². The molecule has 0 aliphatic carbocycles. The van der Waals surface area contributed by atoms with E-state index < -0.39 is 6.10 Å². The summed E-state index contributed by atoms with van der Waals surface area (Å²) >= 11 is 0. The van der Waals surface area contributed by atoms with E-state index in [0.29, 0.717) is 13.2 Å². The van der Waals surface area contributed by atoms with Crippen LogP contribution in [0.4, 0.5) is 0 Å². The third-order valence-corrected chi connectivity index (χ3v) is 3.52. The van der Waals surface area contributed by atoms with E-state index in [2.05, 4.69) is 17.0 Å². The second-order valence-corrected chi connectivity index (χ2v) is 5.49. The van der Waals surface area contributed by atoms with E-state index in [9.17, 15) is 5.11 Å². The number of nitrogens with zero attached hydrogens (tertiary/aromatic N) is 1. The molecule has 2 aromatic carbocycles. The third-order valence-electron chi connectivity index (χ3n) is 3.52. The maximum absolute atomic E-state index is 10.3. The summed E-state index contributed by atoms with van der Waals surface area (Å²) in [7, 11) is 1.69. The zero-order valence-corrected chi connectivity index (χ0v) is 13.6. The molecule has 1 atom stereocenters. The number of hydrogen-bond donors (Lipinski definition) is 1. The van der Waals surface area contributed by atoms with Gasteiger partial charge in [-0.05, 0) is 17.7 Å². The molecule has 0 fully saturated rings. The number of methoxy groups -OCH3 is 1. The molecule has 0 radical (unpaired) electrons. The van der Waals surface area contributed by atoms with Crippen molar-refractivity contribution in [3.05, 3.63) is 66.2 Å². The number of hydrogen-bond acceptors (Lipinski definition) is 4. The fourth-order valence-electron chi connectivity index (χ4n) is 2.36. The topological polar surface area (TPSA) is 41.9 Å². The highest BCUT2D eigenvalue weighted by Gasteiger charge is 2.13. The van der Waals surface area contributed by atoms with Crippen LogP contribution in [0.1, 0.15) is 5.56 Å². The fraction of sp³-hybridized carbons (Fsp3) is 0.368. The number of rotatable bonds is 10. The van der Waals surface area contributed by atoms with Crippen molar-refractivity contribution in [2.24, 2.45) is 0 Å². The molecule has 1 N–H and O–H groups in total. The number of ether oxygens (including phenoxy) is 2. The monoisotopic (exact) mass is 315 g/mol. The largest absolute Gasteiger partial charge is 0.491 e. The highest BCUT2D eigenvalue weighted by Crippen LogP contribution is 2.10. The summed E-state index contributed by atoms with van der Waals surface area (Å²) in [5.41, 5.74) is 1.22. The Morgan fingerprint density at radius 1 is 1.00 bits per heavy atom. The molecule has 0 spiro atoms. The molecule has 0 heterocycles. The lowest BCUT2D eigenvalue weighted by Crippen LogP contribution is -2.37. The van der Waals surface area contributed by atoms with Crippen LogP contribution in [0.25, 0.3) is 0 Å². The van der Waals surface area contributed by atoms with Crippen molar-refractivity contribution in [3.8, 4) is 5.75 Å². The zero-order chi connectivity index (χ0) is 16.3. The van der Waals surface area contributed by atoms with Crippen molar-refractivity contribution >= 4 is 0 Å². The van der Waals surface area contributed by atoms with E-state index in [1.54, 1.807) is 7.11 Å². The molecule has 124 valence electrons. The predicted octanol–water partition coefficient (Wildman–Crippen LogP) is 2.57. The lowest BCUT2D eigenvalue weighted by molar-refractivity contribution is 0.0542. The van der Waals surface area contributed by atoms with Crippen LogP contribution in [0.2, 0.25) is 0 Å². The van der Waals surface area contributed by atoms with Gasteiger partial charge in [0, 0.05) is 26.7 Å². The van der Waals surface area contributed by atoms with Crippen molar-refractivity contribution in [2.75, 3.05) is 33.4 Å². The Morgan fingerprint density at radius 3 is 2.30 bits per heavy atom. The molecule has 0 saturated heterocycles. The average molecular weight is 315 g/mol. The van der Waals surface area contributed by atoms with Gasteiger partial charge in [0.15, 0.2) is 0 Å². The van der Waals surface area contributed by atoms with Crippen LogP contribution >= 0.6 is 0 Å². The summed E-state index contributed by atoms with van der Waals surface area (Å²) in [5, 5.41) is 10.3. The van der Waals surface area contributed by atoms with E-state index >= 15 is 0 Å². The number of aliphatic hydroxyl groups is 1. The van der Waals surface area contributed by atoms with Gasteiger partial charge in [0.2, 0.25) is 0 Å². The van der Waals surface area contributed by atoms with Crippen LogP contribution in [-0.2, 0) is 11.3 Å². The van der Waals surface area contributed by atoms with E-state index in [4.69, 9.17) is 9.47 Å². The summed E-state index contributed by atoms with van der Waals surface area (Å²) in [5.74, 6) is 0.776. The Kier molecular flexibility index (Phi) is 7.60. The Hall–Kier alpha value is -1.88. The van der Waals surface area contributed by atoms with Crippen molar-refractivity contribution in [2.45, 2.75) is 12.6 Å². The van der Waals surface area contributed by atoms with Gasteiger partial charge in [-0.1, -0.05) is 48.5 Å². The normalized spacial score (nSPS) is 12.3. The van der Waals surface area contributed by atoms with Gasteiger partial charge in [-0.3, -0.25) is 4.90 Å². The summed E-state index contributed by atoms with van der Waals surface area (Å²) < 4.78 is 10.8. The second-order valence-electron chi connectivity index (χ2n) is 5.49. The van der Waals surface area contributed by atoms with E-state index in [0.717, 1.165) is 18.8 Å². The van der Waals surface area contributed by atoms with E-state index in [1.807, 2.05) is 48.5 Å². The highest BCUT2D eigenvalue weighted by atomic mass is 16.5. The first-order valence-electron chi connectivity index (χ1n) is 7.89.